The molecule has 0 aromatic heterocycles. The predicted molar refractivity (Wildman–Crippen MR) is 52.3 cm³/mol. The van der Waals surface area contributed by atoms with Crippen LogP contribution in [0.15, 0.2) is 23.1 Å². The monoisotopic (exact) mass is 184 g/mol. The van der Waals surface area contributed by atoms with Gasteiger partial charge in [0.15, 0.2) is 0 Å². The molecule has 0 saturated carbocycles. The van der Waals surface area contributed by atoms with Crippen LogP contribution in [0.2, 0.25) is 0 Å². The van der Waals surface area contributed by atoms with E-state index < -0.39 is 0 Å². The van der Waals surface area contributed by atoms with E-state index in [0.717, 1.165) is 16.3 Å². The number of hydrogen-bond donors (Lipinski definition) is 2. The third-order valence-corrected chi connectivity index (χ3v) is 2.29. The lowest BCUT2D eigenvalue weighted by Gasteiger charge is -2.05. The molecule has 12 heavy (non-hydrogen) atoms. The Morgan fingerprint density at radius 3 is 2.83 bits per heavy atom. The SMILES string of the molecule is COc1ccc(N)c(SCN)c1. The van der Waals surface area contributed by atoms with Gasteiger partial charge in [-0.05, 0) is 18.2 Å². The van der Waals surface area contributed by atoms with E-state index in [2.05, 4.69) is 0 Å². The predicted octanol–water partition coefficient (Wildman–Crippen LogP) is 1.29. The maximum Gasteiger partial charge on any atom is 0.120 e. The first-order valence-corrected chi connectivity index (χ1v) is 4.53. The molecule has 66 valence electrons. The first-order valence-electron chi connectivity index (χ1n) is 3.54. The third kappa shape index (κ3) is 2.06. The van der Waals surface area contributed by atoms with Gasteiger partial charge in [0.2, 0.25) is 0 Å². The van der Waals surface area contributed by atoms with Crippen LogP contribution in [0.3, 0.4) is 0 Å². The summed E-state index contributed by atoms with van der Waals surface area (Å²) in [7, 11) is 1.63. The lowest BCUT2D eigenvalue weighted by atomic mass is 10.3. The van der Waals surface area contributed by atoms with E-state index in [1.165, 1.54) is 11.8 Å². The lowest BCUT2D eigenvalue weighted by molar-refractivity contribution is 0.414. The number of rotatable bonds is 3. The highest BCUT2D eigenvalue weighted by atomic mass is 32.2. The topological polar surface area (TPSA) is 61.3 Å². The van der Waals surface area contributed by atoms with Gasteiger partial charge in [-0.3, -0.25) is 0 Å². The maximum absolute atomic E-state index is 5.70. The Morgan fingerprint density at radius 1 is 1.50 bits per heavy atom. The largest absolute Gasteiger partial charge is 0.497 e. The fraction of sp³-hybridized carbons (Fsp3) is 0.250. The van der Waals surface area contributed by atoms with Crippen LogP contribution >= 0.6 is 11.8 Å². The lowest BCUT2D eigenvalue weighted by Crippen LogP contribution is -1.95. The number of benzene rings is 1. The number of ether oxygens (including phenoxy) is 1. The Hall–Kier alpha value is -0.870. The van der Waals surface area contributed by atoms with Crippen molar-refractivity contribution in [2.45, 2.75) is 4.90 Å². The van der Waals surface area contributed by atoms with Crippen LogP contribution in [-0.2, 0) is 0 Å². The second kappa shape index (κ2) is 4.23. The standard InChI is InChI=1S/C8H12N2OS/c1-11-6-2-3-7(10)8(4-6)12-5-9/h2-4H,5,9-10H2,1H3. The van der Waals surface area contributed by atoms with Crippen molar-refractivity contribution < 1.29 is 4.74 Å². The summed E-state index contributed by atoms with van der Waals surface area (Å²) in [6.07, 6.45) is 0. The highest BCUT2D eigenvalue weighted by Gasteiger charge is 2.00. The molecule has 0 aliphatic heterocycles. The van der Waals surface area contributed by atoms with Crippen molar-refractivity contribution in [2.75, 3.05) is 18.7 Å². The molecule has 0 aliphatic carbocycles. The number of thioether (sulfide) groups is 1. The van der Waals surface area contributed by atoms with Crippen molar-refractivity contribution in [1.82, 2.24) is 0 Å². The first-order chi connectivity index (χ1) is 5.77. The molecule has 4 N–H and O–H groups in total. The zero-order valence-corrected chi connectivity index (χ0v) is 7.73. The minimum absolute atomic E-state index is 0.525. The molecule has 1 aromatic carbocycles. The van der Waals surface area contributed by atoms with Crippen molar-refractivity contribution >= 4 is 17.4 Å². The van der Waals surface area contributed by atoms with E-state index in [0.29, 0.717) is 5.88 Å². The van der Waals surface area contributed by atoms with Gasteiger partial charge in [-0.2, -0.15) is 0 Å². The summed E-state index contributed by atoms with van der Waals surface area (Å²) in [5.41, 5.74) is 11.8. The van der Waals surface area contributed by atoms with Crippen LogP contribution in [0.25, 0.3) is 0 Å². The Bertz CT molecular complexity index is 265. The van der Waals surface area contributed by atoms with E-state index in [1.54, 1.807) is 7.11 Å². The van der Waals surface area contributed by atoms with Crippen LogP contribution in [0.5, 0.6) is 5.75 Å². The van der Waals surface area contributed by atoms with Crippen LogP contribution < -0.4 is 16.2 Å². The zero-order valence-electron chi connectivity index (χ0n) is 6.91. The molecular weight excluding hydrogens is 172 g/mol. The minimum Gasteiger partial charge on any atom is -0.497 e. The van der Waals surface area contributed by atoms with Crippen LogP contribution in [-0.4, -0.2) is 13.0 Å². The maximum atomic E-state index is 5.70. The summed E-state index contributed by atoms with van der Waals surface area (Å²) >= 11 is 1.50. The molecule has 0 atom stereocenters. The summed E-state index contributed by atoms with van der Waals surface area (Å²) in [6.45, 7) is 0. The van der Waals surface area contributed by atoms with Gasteiger partial charge in [-0.15, -0.1) is 11.8 Å². The molecule has 1 aromatic rings. The summed E-state index contributed by atoms with van der Waals surface area (Å²) < 4.78 is 5.05. The normalized spacial score (nSPS) is 9.83. The molecule has 0 heterocycles. The van der Waals surface area contributed by atoms with Gasteiger partial charge < -0.3 is 16.2 Å². The van der Waals surface area contributed by atoms with Gasteiger partial charge in [0.1, 0.15) is 5.75 Å². The summed E-state index contributed by atoms with van der Waals surface area (Å²) in [4.78, 5) is 0.969. The van der Waals surface area contributed by atoms with Crippen molar-refractivity contribution in [3.63, 3.8) is 0 Å². The van der Waals surface area contributed by atoms with E-state index in [9.17, 15) is 0 Å². The highest BCUT2D eigenvalue weighted by molar-refractivity contribution is 7.99. The Morgan fingerprint density at radius 2 is 2.25 bits per heavy atom. The van der Waals surface area contributed by atoms with E-state index in [1.807, 2.05) is 18.2 Å². The summed E-state index contributed by atoms with van der Waals surface area (Å²) in [5, 5.41) is 0. The van der Waals surface area contributed by atoms with E-state index in [-0.39, 0.29) is 0 Å². The highest BCUT2D eigenvalue weighted by Crippen LogP contribution is 2.27. The first kappa shape index (κ1) is 9.22. The van der Waals surface area contributed by atoms with Gasteiger partial charge >= 0.3 is 0 Å². The number of nitrogens with two attached hydrogens (primary N) is 2. The van der Waals surface area contributed by atoms with Crippen molar-refractivity contribution in [2.24, 2.45) is 5.73 Å². The second-order valence-electron chi connectivity index (χ2n) is 2.21. The van der Waals surface area contributed by atoms with E-state index in [4.69, 9.17) is 16.2 Å². The fourth-order valence-corrected chi connectivity index (χ4v) is 1.47. The molecule has 0 amide bonds. The van der Waals surface area contributed by atoms with Crippen LogP contribution in [0.1, 0.15) is 0 Å². The number of anilines is 1. The average molecular weight is 184 g/mol. The Labute approximate surface area is 76.1 Å². The number of methoxy groups -OCH3 is 1. The van der Waals surface area contributed by atoms with Gasteiger partial charge in [-0.25, -0.2) is 0 Å². The average Bonchev–Trinajstić information content (AvgIpc) is 2.09. The zero-order chi connectivity index (χ0) is 8.97. The molecule has 4 heteroatoms. The molecule has 0 unspecified atom stereocenters. The summed E-state index contributed by atoms with van der Waals surface area (Å²) in [6, 6.07) is 5.53. The van der Waals surface area contributed by atoms with Crippen molar-refractivity contribution in [3.05, 3.63) is 18.2 Å². The second-order valence-corrected chi connectivity index (χ2v) is 3.28. The number of nitrogen functional groups attached to an aromatic ring is 1. The molecule has 3 nitrogen and oxygen atoms in total. The van der Waals surface area contributed by atoms with Gasteiger partial charge in [0.25, 0.3) is 0 Å². The fourth-order valence-electron chi connectivity index (χ4n) is 0.856. The van der Waals surface area contributed by atoms with Gasteiger partial charge in [0.05, 0.1) is 7.11 Å². The molecule has 0 radical (unpaired) electrons. The molecule has 0 spiro atoms. The van der Waals surface area contributed by atoms with E-state index >= 15 is 0 Å². The molecular formula is C8H12N2OS. The van der Waals surface area contributed by atoms with Gasteiger partial charge in [0, 0.05) is 16.5 Å². The smallest absolute Gasteiger partial charge is 0.120 e. The van der Waals surface area contributed by atoms with Crippen molar-refractivity contribution in [3.8, 4) is 5.75 Å². The van der Waals surface area contributed by atoms with Crippen molar-refractivity contribution in [1.29, 1.82) is 0 Å². The minimum atomic E-state index is 0.525. The third-order valence-electron chi connectivity index (χ3n) is 1.46. The van der Waals surface area contributed by atoms with Crippen LogP contribution in [0.4, 0.5) is 5.69 Å². The molecule has 0 fully saturated rings. The Balaban J connectivity index is 2.91. The molecule has 1 rings (SSSR count). The summed E-state index contributed by atoms with van der Waals surface area (Å²) in [5.74, 6) is 1.33. The molecule has 0 aliphatic rings. The molecule has 0 saturated heterocycles. The molecule has 0 bridgehead atoms. The Kier molecular flexibility index (Phi) is 3.25. The van der Waals surface area contributed by atoms with Gasteiger partial charge in [-0.1, -0.05) is 0 Å². The number of hydrogen-bond acceptors (Lipinski definition) is 4. The van der Waals surface area contributed by atoms with Crippen LogP contribution in [0, 0.1) is 0 Å². The quantitative estimate of drug-likeness (QED) is 0.422.